The molecule has 0 fully saturated rings. The van der Waals surface area contributed by atoms with Gasteiger partial charge in [-0.2, -0.15) is 0 Å². The van der Waals surface area contributed by atoms with Gasteiger partial charge < -0.3 is 20.1 Å². The first-order chi connectivity index (χ1) is 12.0. The number of hydrogen-bond acceptors (Lipinski definition) is 4. The van der Waals surface area contributed by atoms with E-state index in [0.717, 1.165) is 30.4 Å². The van der Waals surface area contributed by atoms with Gasteiger partial charge in [0, 0.05) is 32.0 Å². The monoisotopic (exact) mass is 478 g/mol. The Balaban J connectivity index is 0.00000625. The molecule has 0 aliphatic heterocycles. The van der Waals surface area contributed by atoms with Crippen LogP contribution in [0.5, 0.6) is 5.88 Å². The molecule has 7 heteroatoms. The molecule has 0 saturated heterocycles. The summed E-state index contributed by atoms with van der Waals surface area (Å²) in [5, 5.41) is 6.77. The highest BCUT2D eigenvalue weighted by atomic mass is 127. The summed E-state index contributed by atoms with van der Waals surface area (Å²) in [6, 6.07) is 4.26. The van der Waals surface area contributed by atoms with Crippen LogP contribution in [0.1, 0.15) is 46.1 Å². The molecular weight excluding hydrogens is 443 g/mol. The van der Waals surface area contributed by atoms with E-state index in [-0.39, 0.29) is 24.0 Å². The summed E-state index contributed by atoms with van der Waals surface area (Å²) in [5.41, 5.74) is 1.05. The minimum atomic E-state index is 0. The number of methoxy groups -OCH3 is 1. The van der Waals surface area contributed by atoms with Crippen LogP contribution in [-0.4, -0.2) is 43.9 Å². The zero-order valence-electron chi connectivity index (χ0n) is 16.7. The number of pyridine rings is 1. The fraction of sp³-hybridized carbons (Fsp3) is 0.684. The van der Waals surface area contributed by atoms with Gasteiger partial charge in [-0.3, -0.25) is 0 Å². The summed E-state index contributed by atoms with van der Waals surface area (Å²) in [6.45, 7) is 11.3. The standard InChI is InChI=1S/C19H34N4O2.HI/c1-6-20-19(23-16(4)8-7-15(2)3)22-14-17-9-10-18(21-13-17)25-12-11-24-5;/h9-10,13,15-16H,6-8,11-12,14H2,1-5H3,(H2,20,22,23);1H. The normalized spacial score (nSPS) is 12.5. The second kappa shape index (κ2) is 15.0. The van der Waals surface area contributed by atoms with E-state index in [9.17, 15) is 0 Å². The summed E-state index contributed by atoms with van der Waals surface area (Å²) in [7, 11) is 1.65. The predicted molar refractivity (Wildman–Crippen MR) is 119 cm³/mol. The fourth-order valence-corrected chi connectivity index (χ4v) is 2.20. The van der Waals surface area contributed by atoms with E-state index in [1.54, 1.807) is 13.3 Å². The molecule has 6 nitrogen and oxygen atoms in total. The van der Waals surface area contributed by atoms with E-state index in [2.05, 4.69) is 48.3 Å². The molecule has 0 aliphatic carbocycles. The van der Waals surface area contributed by atoms with Crippen molar-refractivity contribution < 1.29 is 9.47 Å². The van der Waals surface area contributed by atoms with Gasteiger partial charge in [0.05, 0.1) is 13.2 Å². The van der Waals surface area contributed by atoms with Crippen molar-refractivity contribution >= 4 is 29.9 Å². The Kier molecular flexibility index (Phi) is 14.4. The van der Waals surface area contributed by atoms with Crippen molar-refractivity contribution in [2.75, 3.05) is 26.9 Å². The number of nitrogens with zero attached hydrogens (tertiary/aromatic N) is 2. The van der Waals surface area contributed by atoms with E-state index in [0.29, 0.717) is 31.7 Å². The van der Waals surface area contributed by atoms with Crippen molar-refractivity contribution in [1.29, 1.82) is 0 Å². The van der Waals surface area contributed by atoms with E-state index < -0.39 is 0 Å². The van der Waals surface area contributed by atoms with Gasteiger partial charge in [0.2, 0.25) is 5.88 Å². The molecule has 1 atom stereocenters. The molecule has 2 N–H and O–H groups in total. The Labute approximate surface area is 175 Å². The molecule has 0 amide bonds. The predicted octanol–water partition coefficient (Wildman–Crippen LogP) is 3.60. The van der Waals surface area contributed by atoms with Crippen molar-refractivity contribution in [3.8, 4) is 5.88 Å². The Morgan fingerprint density at radius 3 is 2.54 bits per heavy atom. The summed E-state index contributed by atoms with van der Waals surface area (Å²) in [6.07, 6.45) is 4.15. The van der Waals surface area contributed by atoms with Crippen molar-refractivity contribution in [3.63, 3.8) is 0 Å². The number of halogens is 1. The smallest absolute Gasteiger partial charge is 0.213 e. The molecular formula is C19H35IN4O2. The SMILES string of the molecule is CCNC(=NCc1ccc(OCCOC)nc1)NC(C)CCC(C)C.I. The maximum absolute atomic E-state index is 5.47. The molecule has 0 spiro atoms. The third kappa shape index (κ3) is 11.5. The van der Waals surface area contributed by atoms with Crippen LogP contribution in [-0.2, 0) is 11.3 Å². The van der Waals surface area contributed by atoms with Crippen LogP contribution in [0.4, 0.5) is 0 Å². The van der Waals surface area contributed by atoms with E-state index >= 15 is 0 Å². The number of aliphatic imine (C=N–C) groups is 1. The lowest BCUT2D eigenvalue weighted by Crippen LogP contribution is -2.42. The quantitative estimate of drug-likeness (QED) is 0.220. The lowest BCUT2D eigenvalue weighted by molar-refractivity contribution is 0.143. The van der Waals surface area contributed by atoms with E-state index in [1.807, 2.05) is 12.1 Å². The average molecular weight is 478 g/mol. The highest BCUT2D eigenvalue weighted by molar-refractivity contribution is 14.0. The topological polar surface area (TPSA) is 67.8 Å². The summed E-state index contributed by atoms with van der Waals surface area (Å²) < 4.78 is 10.4. The van der Waals surface area contributed by atoms with E-state index in [1.165, 1.54) is 6.42 Å². The Morgan fingerprint density at radius 1 is 1.19 bits per heavy atom. The van der Waals surface area contributed by atoms with Crippen molar-refractivity contribution in [3.05, 3.63) is 23.9 Å². The van der Waals surface area contributed by atoms with Gasteiger partial charge in [-0.15, -0.1) is 24.0 Å². The first-order valence-corrected chi connectivity index (χ1v) is 9.16. The van der Waals surface area contributed by atoms with Crippen LogP contribution in [0.2, 0.25) is 0 Å². The van der Waals surface area contributed by atoms with Crippen LogP contribution in [0, 0.1) is 5.92 Å². The Hall–Kier alpha value is -1.09. The minimum absolute atomic E-state index is 0. The average Bonchev–Trinajstić information content (AvgIpc) is 2.59. The van der Waals surface area contributed by atoms with Gasteiger partial charge in [-0.05, 0) is 38.2 Å². The van der Waals surface area contributed by atoms with Gasteiger partial charge in [0.1, 0.15) is 6.61 Å². The summed E-state index contributed by atoms with van der Waals surface area (Å²) in [4.78, 5) is 8.95. The number of nitrogens with one attached hydrogen (secondary N) is 2. The van der Waals surface area contributed by atoms with Gasteiger partial charge in [0.15, 0.2) is 5.96 Å². The fourth-order valence-electron chi connectivity index (χ4n) is 2.20. The van der Waals surface area contributed by atoms with Crippen LogP contribution in [0.3, 0.4) is 0 Å². The second-order valence-electron chi connectivity index (χ2n) is 6.56. The van der Waals surface area contributed by atoms with Gasteiger partial charge in [-0.1, -0.05) is 19.9 Å². The molecule has 26 heavy (non-hydrogen) atoms. The maximum atomic E-state index is 5.47. The summed E-state index contributed by atoms with van der Waals surface area (Å²) >= 11 is 0. The molecule has 1 rings (SSSR count). The van der Waals surface area contributed by atoms with Gasteiger partial charge >= 0.3 is 0 Å². The highest BCUT2D eigenvalue weighted by Crippen LogP contribution is 2.09. The van der Waals surface area contributed by atoms with Crippen molar-refractivity contribution in [1.82, 2.24) is 15.6 Å². The zero-order valence-corrected chi connectivity index (χ0v) is 19.1. The second-order valence-corrected chi connectivity index (χ2v) is 6.56. The van der Waals surface area contributed by atoms with Crippen LogP contribution >= 0.6 is 24.0 Å². The molecule has 150 valence electrons. The third-order valence-corrected chi connectivity index (χ3v) is 3.66. The molecule has 1 heterocycles. The van der Waals surface area contributed by atoms with Crippen molar-refractivity contribution in [2.45, 2.75) is 53.1 Å². The molecule has 1 unspecified atom stereocenters. The minimum Gasteiger partial charge on any atom is -0.475 e. The van der Waals surface area contributed by atoms with Crippen molar-refractivity contribution in [2.24, 2.45) is 10.9 Å². The van der Waals surface area contributed by atoms with E-state index in [4.69, 9.17) is 9.47 Å². The van der Waals surface area contributed by atoms with Gasteiger partial charge in [0.25, 0.3) is 0 Å². The lowest BCUT2D eigenvalue weighted by atomic mass is 10.0. The number of ether oxygens (including phenoxy) is 2. The van der Waals surface area contributed by atoms with Gasteiger partial charge in [-0.25, -0.2) is 9.98 Å². The molecule has 0 aromatic carbocycles. The Bertz CT molecular complexity index is 495. The first kappa shape index (κ1) is 24.9. The lowest BCUT2D eigenvalue weighted by Gasteiger charge is -2.18. The maximum Gasteiger partial charge on any atom is 0.213 e. The molecule has 0 saturated carbocycles. The molecule has 0 radical (unpaired) electrons. The zero-order chi connectivity index (χ0) is 18.5. The van der Waals surface area contributed by atoms with Crippen LogP contribution in [0.25, 0.3) is 0 Å². The number of guanidine groups is 1. The molecule has 1 aromatic heterocycles. The number of hydrogen-bond donors (Lipinski definition) is 2. The third-order valence-electron chi connectivity index (χ3n) is 3.66. The summed E-state index contributed by atoms with van der Waals surface area (Å²) in [5.74, 6) is 2.18. The molecule has 1 aromatic rings. The molecule has 0 aliphatic rings. The number of aromatic nitrogens is 1. The number of rotatable bonds is 11. The molecule has 0 bridgehead atoms. The van der Waals surface area contributed by atoms with Crippen LogP contribution in [0.15, 0.2) is 23.3 Å². The highest BCUT2D eigenvalue weighted by Gasteiger charge is 2.06. The largest absolute Gasteiger partial charge is 0.475 e. The van der Waals surface area contributed by atoms with Crippen LogP contribution < -0.4 is 15.4 Å². The first-order valence-electron chi connectivity index (χ1n) is 9.16. The Morgan fingerprint density at radius 2 is 1.96 bits per heavy atom.